The van der Waals surface area contributed by atoms with E-state index < -0.39 is 9.84 Å². The number of hydrogen-bond acceptors (Lipinski definition) is 5. The van der Waals surface area contributed by atoms with Crippen molar-refractivity contribution in [2.24, 2.45) is 0 Å². The van der Waals surface area contributed by atoms with Crippen LogP contribution in [-0.4, -0.2) is 31.1 Å². The van der Waals surface area contributed by atoms with Crippen molar-refractivity contribution < 1.29 is 13.2 Å². The van der Waals surface area contributed by atoms with Crippen molar-refractivity contribution in [2.75, 3.05) is 18.6 Å². The van der Waals surface area contributed by atoms with Gasteiger partial charge in [-0.1, -0.05) is 18.2 Å². The lowest BCUT2D eigenvalue weighted by molar-refractivity contribution is 0.299. The third kappa shape index (κ3) is 3.51. The third-order valence-corrected chi connectivity index (χ3v) is 3.88. The third-order valence-electron chi connectivity index (χ3n) is 2.77. The van der Waals surface area contributed by atoms with E-state index in [1.807, 2.05) is 30.3 Å². The highest BCUT2D eigenvalue weighted by Crippen LogP contribution is 2.17. The Labute approximate surface area is 118 Å². The number of aromatic nitrogens is 2. The van der Waals surface area contributed by atoms with Crippen LogP contribution in [0.5, 0.6) is 5.75 Å². The molecule has 6 nitrogen and oxygen atoms in total. The van der Waals surface area contributed by atoms with Crippen LogP contribution in [0.25, 0.3) is 0 Å². The highest BCUT2D eigenvalue weighted by atomic mass is 32.2. The molecule has 0 unspecified atom stereocenters. The van der Waals surface area contributed by atoms with E-state index in [9.17, 15) is 8.42 Å². The Morgan fingerprint density at radius 3 is 2.60 bits per heavy atom. The number of anilines is 1. The molecule has 1 aromatic heterocycles. The molecule has 0 aliphatic rings. The van der Waals surface area contributed by atoms with Gasteiger partial charge in [0, 0.05) is 19.2 Å². The number of rotatable bonds is 6. The molecule has 0 atom stereocenters. The first-order valence-corrected chi connectivity index (χ1v) is 8.07. The van der Waals surface area contributed by atoms with E-state index >= 15 is 0 Å². The zero-order chi connectivity index (χ0) is 14.6. The monoisotopic (exact) mass is 295 g/mol. The molecule has 108 valence electrons. The van der Waals surface area contributed by atoms with Crippen molar-refractivity contribution in [2.45, 2.75) is 17.9 Å². The summed E-state index contributed by atoms with van der Waals surface area (Å²) in [6, 6.07) is 9.48. The van der Waals surface area contributed by atoms with Gasteiger partial charge in [0.05, 0.1) is 12.8 Å². The molecule has 1 aromatic carbocycles. The summed E-state index contributed by atoms with van der Waals surface area (Å²) in [7, 11) is -3.33. The standard InChI is InChI=1S/C13H17N3O3S/c1-20(17,18)12-10-15-16(13(12)14)8-5-9-19-11-6-3-2-4-7-11/h2-4,6-7,10H,5,8-9,14H2,1H3. The fraction of sp³-hybridized carbons (Fsp3) is 0.308. The molecule has 0 radical (unpaired) electrons. The predicted octanol–water partition coefficient (Wildman–Crippen LogP) is 1.34. The Bertz CT molecular complexity index is 665. The lowest BCUT2D eigenvalue weighted by Crippen LogP contribution is -2.10. The van der Waals surface area contributed by atoms with Gasteiger partial charge in [-0.05, 0) is 12.1 Å². The summed E-state index contributed by atoms with van der Waals surface area (Å²) < 4.78 is 29.9. The molecule has 0 spiro atoms. The van der Waals surface area contributed by atoms with E-state index in [0.717, 1.165) is 12.0 Å². The molecule has 7 heteroatoms. The first-order valence-electron chi connectivity index (χ1n) is 6.17. The van der Waals surface area contributed by atoms with Gasteiger partial charge in [-0.3, -0.25) is 0 Å². The number of nitrogen functional groups attached to an aromatic ring is 1. The van der Waals surface area contributed by atoms with Gasteiger partial charge in [0.1, 0.15) is 16.5 Å². The summed E-state index contributed by atoms with van der Waals surface area (Å²) >= 11 is 0. The van der Waals surface area contributed by atoms with E-state index in [-0.39, 0.29) is 10.7 Å². The molecule has 0 aliphatic carbocycles. The highest BCUT2D eigenvalue weighted by molar-refractivity contribution is 7.90. The van der Waals surface area contributed by atoms with Crippen molar-refractivity contribution in [3.05, 3.63) is 36.5 Å². The number of hydrogen-bond donors (Lipinski definition) is 1. The van der Waals surface area contributed by atoms with E-state index in [4.69, 9.17) is 10.5 Å². The summed E-state index contributed by atoms with van der Waals surface area (Å²) in [5.74, 6) is 0.977. The largest absolute Gasteiger partial charge is 0.494 e. The van der Waals surface area contributed by atoms with E-state index in [1.165, 1.54) is 10.9 Å². The molecule has 2 rings (SSSR count). The number of ether oxygens (including phenoxy) is 1. The molecule has 1 heterocycles. The summed E-state index contributed by atoms with van der Waals surface area (Å²) in [5.41, 5.74) is 5.76. The fourth-order valence-corrected chi connectivity index (χ4v) is 2.49. The van der Waals surface area contributed by atoms with Crippen LogP contribution < -0.4 is 10.5 Å². The number of aryl methyl sites for hydroxylation is 1. The van der Waals surface area contributed by atoms with Crippen LogP contribution in [0.1, 0.15) is 6.42 Å². The molecular weight excluding hydrogens is 278 g/mol. The summed E-state index contributed by atoms with van der Waals surface area (Å²) in [6.07, 6.45) is 3.08. The van der Waals surface area contributed by atoms with Gasteiger partial charge in [-0.15, -0.1) is 0 Å². The van der Waals surface area contributed by atoms with Crippen LogP contribution in [0.15, 0.2) is 41.4 Å². The zero-order valence-corrected chi connectivity index (χ0v) is 12.0. The van der Waals surface area contributed by atoms with Gasteiger partial charge >= 0.3 is 0 Å². The van der Waals surface area contributed by atoms with Crippen LogP contribution in [0.2, 0.25) is 0 Å². The average molecular weight is 295 g/mol. The molecule has 0 amide bonds. The maximum atomic E-state index is 11.4. The Morgan fingerprint density at radius 1 is 1.30 bits per heavy atom. The van der Waals surface area contributed by atoms with Gasteiger partial charge in [-0.25, -0.2) is 13.1 Å². The highest BCUT2D eigenvalue weighted by Gasteiger charge is 2.16. The van der Waals surface area contributed by atoms with Gasteiger partial charge < -0.3 is 10.5 Å². The lowest BCUT2D eigenvalue weighted by atomic mass is 10.3. The summed E-state index contributed by atoms with van der Waals surface area (Å²) in [5, 5.41) is 3.98. The molecular formula is C13H17N3O3S. The zero-order valence-electron chi connectivity index (χ0n) is 11.2. The molecule has 20 heavy (non-hydrogen) atoms. The first-order chi connectivity index (χ1) is 9.48. The van der Waals surface area contributed by atoms with Crippen molar-refractivity contribution in [1.82, 2.24) is 9.78 Å². The second-order valence-electron chi connectivity index (χ2n) is 4.40. The number of nitrogens with two attached hydrogens (primary N) is 1. The van der Waals surface area contributed by atoms with Crippen molar-refractivity contribution in [1.29, 1.82) is 0 Å². The number of sulfone groups is 1. The van der Waals surface area contributed by atoms with Gasteiger partial charge in [0.15, 0.2) is 9.84 Å². The van der Waals surface area contributed by atoms with Crippen LogP contribution in [0, 0.1) is 0 Å². The molecule has 2 aromatic rings. The van der Waals surface area contributed by atoms with E-state index in [1.54, 1.807) is 0 Å². The Balaban J connectivity index is 1.88. The quantitative estimate of drug-likeness (QED) is 0.813. The second kappa shape index (κ2) is 5.96. The maximum absolute atomic E-state index is 11.4. The minimum Gasteiger partial charge on any atom is -0.494 e. The van der Waals surface area contributed by atoms with E-state index in [2.05, 4.69) is 5.10 Å². The molecule has 0 aliphatic heterocycles. The normalized spacial score (nSPS) is 11.4. The molecule has 0 saturated carbocycles. The number of nitrogens with zero attached hydrogens (tertiary/aromatic N) is 2. The Morgan fingerprint density at radius 2 is 2.00 bits per heavy atom. The topological polar surface area (TPSA) is 87.2 Å². The predicted molar refractivity (Wildman–Crippen MR) is 76.3 cm³/mol. The fourth-order valence-electron chi connectivity index (χ4n) is 1.76. The Hall–Kier alpha value is -2.02. The molecule has 0 fully saturated rings. The van der Waals surface area contributed by atoms with Crippen LogP contribution in [0.4, 0.5) is 5.82 Å². The van der Waals surface area contributed by atoms with E-state index in [0.29, 0.717) is 19.6 Å². The van der Waals surface area contributed by atoms with Gasteiger partial charge in [-0.2, -0.15) is 5.10 Å². The average Bonchev–Trinajstić information content (AvgIpc) is 2.77. The van der Waals surface area contributed by atoms with Crippen LogP contribution in [0.3, 0.4) is 0 Å². The molecule has 0 saturated heterocycles. The number of para-hydroxylation sites is 1. The van der Waals surface area contributed by atoms with Crippen molar-refractivity contribution >= 4 is 15.7 Å². The summed E-state index contributed by atoms with van der Waals surface area (Å²) in [6.45, 7) is 1.02. The molecule has 2 N–H and O–H groups in total. The maximum Gasteiger partial charge on any atom is 0.180 e. The number of benzene rings is 1. The summed E-state index contributed by atoms with van der Waals surface area (Å²) in [4.78, 5) is 0.0708. The lowest BCUT2D eigenvalue weighted by Gasteiger charge is -2.07. The minimum atomic E-state index is -3.33. The smallest absolute Gasteiger partial charge is 0.180 e. The first kappa shape index (κ1) is 14.4. The SMILES string of the molecule is CS(=O)(=O)c1cnn(CCCOc2ccccc2)c1N. The van der Waals surface area contributed by atoms with Crippen LogP contribution in [-0.2, 0) is 16.4 Å². The molecule has 0 bridgehead atoms. The van der Waals surface area contributed by atoms with Crippen molar-refractivity contribution in [3.63, 3.8) is 0 Å². The van der Waals surface area contributed by atoms with Gasteiger partial charge in [0.25, 0.3) is 0 Å². The Kier molecular flexibility index (Phi) is 4.29. The van der Waals surface area contributed by atoms with Crippen LogP contribution >= 0.6 is 0 Å². The van der Waals surface area contributed by atoms with Crippen molar-refractivity contribution in [3.8, 4) is 5.75 Å². The minimum absolute atomic E-state index is 0.0708. The van der Waals surface area contributed by atoms with Gasteiger partial charge in [0.2, 0.25) is 0 Å². The second-order valence-corrected chi connectivity index (χ2v) is 6.39.